The zero-order valence-corrected chi connectivity index (χ0v) is 11.4. The molecule has 0 aliphatic heterocycles. The average molecular weight is 275 g/mol. The number of amides is 1. The van der Waals surface area contributed by atoms with Gasteiger partial charge < -0.3 is 15.2 Å². The summed E-state index contributed by atoms with van der Waals surface area (Å²) < 4.78 is 6.11. The number of ether oxygens (including phenoxy) is 1. The van der Waals surface area contributed by atoms with Crippen molar-refractivity contribution < 1.29 is 14.6 Å². The van der Waals surface area contributed by atoms with Gasteiger partial charge in [0, 0.05) is 13.7 Å². The number of carbonyl (C=O) groups is 1. The first kappa shape index (κ1) is 14.5. The molecular formula is C11H17NO3S2. The van der Waals surface area contributed by atoms with E-state index in [1.807, 2.05) is 17.5 Å². The largest absolute Gasteiger partial charge is 0.396 e. The van der Waals surface area contributed by atoms with Crippen molar-refractivity contribution in [1.29, 1.82) is 0 Å². The molecule has 0 fully saturated rings. The fourth-order valence-electron chi connectivity index (χ4n) is 1.31. The lowest BCUT2D eigenvalue weighted by molar-refractivity contribution is -0.119. The molecule has 0 spiro atoms. The molecule has 96 valence electrons. The Hall–Kier alpha value is -0.560. The van der Waals surface area contributed by atoms with Gasteiger partial charge in [-0.2, -0.15) is 0 Å². The second kappa shape index (κ2) is 8.52. The van der Waals surface area contributed by atoms with Gasteiger partial charge in [0.1, 0.15) is 0 Å². The molecular weight excluding hydrogens is 258 g/mol. The third kappa shape index (κ3) is 6.07. The number of aliphatic hydroxyl groups excluding tert-OH is 1. The molecule has 1 rings (SSSR count). The summed E-state index contributed by atoms with van der Waals surface area (Å²) in [4.78, 5) is 11.6. The van der Waals surface area contributed by atoms with E-state index in [0.717, 1.165) is 4.21 Å². The maximum atomic E-state index is 11.6. The Morgan fingerprint density at radius 3 is 3.12 bits per heavy atom. The number of methoxy groups -OCH3 is 1. The van der Waals surface area contributed by atoms with E-state index in [1.165, 1.54) is 11.8 Å². The molecule has 0 bridgehead atoms. The summed E-state index contributed by atoms with van der Waals surface area (Å²) in [5, 5.41) is 13.7. The standard InChI is InChI=1S/C11H17NO3S2/c1-15-7-9(4-5-13)12-10(14)8-17-11-3-2-6-16-11/h2-3,6,9,13H,4-5,7-8H2,1H3,(H,12,14). The van der Waals surface area contributed by atoms with Gasteiger partial charge in [0.15, 0.2) is 0 Å². The number of hydrogen-bond acceptors (Lipinski definition) is 5. The van der Waals surface area contributed by atoms with E-state index in [2.05, 4.69) is 5.32 Å². The van der Waals surface area contributed by atoms with Crippen LogP contribution in [-0.2, 0) is 9.53 Å². The van der Waals surface area contributed by atoms with Crippen molar-refractivity contribution >= 4 is 29.0 Å². The van der Waals surface area contributed by atoms with Gasteiger partial charge in [-0.1, -0.05) is 6.07 Å². The summed E-state index contributed by atoms with van der Waals surface area (Å²) in [5.74, 6) is 0.366. The van der Waals surface area contributed by atoms with Crippen molar-refractivity contribution in [3.8, 4) is 0 Å². The molecule has 1 atom stereocenters. The Bertz CT molecular complexity index is 311. The van der Waals surface area contributed by atoms with Crippen LogP contribution in [0.2, 0.25) is 0 Å². The van der Waals surface area contributed by atoms with E-state index in [9.17, 15) is 4.79 Å². The van der Waals surface area contributed by atoms with Crippen molar-refractivity contribution in [3.63, 3.8) is 0 Å². The van der Waals surface area contributed by atoms with Gasteiger partial charge in [-0.25, -0.2) is 0 Å². The molecule has 0 saturated carbocycles. The van der Waals surface area contributed by atoms with Crippen LogP contribution in [0.4, 0.5) is 0 Å². The molecule has 1 aromatic heterocycles. The molecule has 0 saturated heterocycles. The van der Waals surface area contributed by atoms with Crippen LogP contribution in [0.1, 0.15) is 6.42 Å². The highest BCUT2D eigenvalue weighted by molar-refractivity contribution is 8.01. The summed E-state index contributed by atoms with van der Waals surface area (Å²) in [6, 6.07) is 3.84. The van der Waals surface area contributed by atoms with Crippen molar-refractivity contribution in [2.75, 3.05) is 26.1 Å². The minimum Gasteiger partial charge on any atom is -0.396 e. The maximum Gasteiger partial charge on any atom is 0.230 e. The van der Waals surface area contributed by atoms with E-state index >= 15 is 0 Å². The Morgan fingerprint density at radius 2 is 2.53 bits per heavy atom. The van der Waals surface area contributed by atoms with E-state index < -0.39 is 0 Å². The fraction of sp³-hybridized carbons (Fsp3) is 0.545. The highest BCUT2D eigenvalue weighted by Crippen LogP contribution is 2.22. The zero-order chi connectivity index (χ0) is 12.5. The predicted octanol–water partition coefficient (Wildman–Crippen LogP) is 1.35. The van der Waals surface area contributed by atoms with Gasteiger partial charge in [0.05, 0.1) is 22.6 Å². The van der Waals surface area contributed by atoms with Crippen molar-refractivity contribution in [2.45, 2.75) is 16.7 Å². The lowest BCUT2D eigenvalue weighted by Crippen LogP contribution is -2.39. The molecule has 0 aliphatic rings. The summed E-state index contributed by atoms with van der Waals surface area (Å²) in [5.41, 5.74) is 0. The molecule has 17 heavy (non-hydrogen) atoms. The van der Waals surface area contributed by atoms with Crippen LogP contribution in [0.3, 0.4) is 0 Å². The Labute approximate surface area is 109 Å². The number of thioether (sulfide) groups is 1. The van der Waals surface area contributed by atoms with E-state index in [-0.39, 0.29) is 18.6 Å². The van der Waals surface area contributed by atoms with Crippen molar-refractivity contribution in [1.82, 2.24) is 5.32 Å². The fourth-order valence-corrected chi connectivity index (χ4v) is 2.90. The Kier molecular flexibility index (Phi) is 7.27. The molecule has 1 amide bonds. The Balaban J connectivity index is 2.26. The SMILES string of the molecule is COCC(CCO)NC(=O)CSc1cccs1. The quantitative estimate of drug-likeness (QED) is 0.703. The third-order valence-electron chi connectivity index (χ3n) is 2.05. The normalized spacial score (nSPS) is 12.4. The molecule has 1 aromatic rings. The van der Waals surface area contributed by atoms with Crippen LogP contribution in [0.25, 0.3) is 0 Å². The lowest BCUT2D eigenvalue weighted by Gasteiger charge is -2.16. The van der Waals surface area contributed by atoms with Crippen molar-refractivity contribution in [2.24, 2.45) is 0 Å². The monoisotopic (exact) mass is 275 g/mol. The maximum absolute atomic E-state index is 11.6. The summed E-state index contributed by atoms with van der Waals surface area (Å²) >= 11 is 3.14. The number of aliphatic hydroxyl groups is 1. The second-order valence-electron chi connectivity index (χ2n) is 3.45. The first-order chi connectivity index (χ1) is 8.26. The van der Waals surface area contributed by atoms with Gasteiger partial charge in [0.2, 0.25) is 5.91 Å². The molecule has 0 aliphatic carbocycles. The van der Waals surface area contributed by atoms with E-state index in [1.54, 1.807) is 18.4 Å². The summed E-state index contributed by atoms with van der Waals surface area (Å²) in [6.07, 6.45) is 0.517. The highest BCUT2D eigenvalue weighted by atomic mass is 32.2. The molecule has 1 heterocycles. The minimum atomic E-state index is -0.110. The summed E-state index contributed by atoms with van der Waals surface area (Å²) in [6.45, 7) is 0.475. The van der Waals surface area contributed by atoms with Crippen LogP contribution >= 0.6 is 23.1 Å². The smallest absolute Gasteiger partial charge is 0.230 e. The zero-order valence-electron chi connectivity index (χ0n) is 9.72. The number of hydrogen-bond donors (Lipinski definition) is 2. The van der Waals surface area contributed by atoms with Crippen LogP contribution in [0, 0.1) is 0 Å². The minimum absolute atomic E-state index is 0.0288. The second-order valence-corrected chi connectivity index (χ2v) is 5.68. The lowest BCUT2D eigenvalue weighted by atomic mass is 10.2. The van der Waals surface area contributed by atoms with Crippen molar-refractivity contribution in [3.05, 3.63) is 17.5 Å². The van der Waals surface area contributed by atoms with Crippen LogP contribution in [0.15, 0.2) is 21.7 Å². The molecule has 6 heteroatoms. The number of carbonyl (C=O) groups excluding carboxylic acids is 1. The third-order valence-corrected chi connectivity index (χ3v) is 4.18. The van der Waals surface area contributed by atoms with Crippen LogP contribution < -0.4 is 5.32 Å². The van der Waals surface area contributed by atoms with E-state index in [4.69, 9.17) is 9.84 Å². The Morgan fingerprint density at radius 1 is 1.71 bits per heavy atom. The summed E-state index contributed by atoms with van der Waals surface area (Å²) in [7, 11) is 1.58. The van der Waals surface area contributed by atoms with Gasteiger partial charge in [-0.05, 0) is 17.9 Å². The van der Waals surface area contributed by atoms with Crippen LogP contribution in [-0.4, -0.2) is 43.1 Å². The predicted molar refractivity (Wildman–Crippen MR) is 70.6 cm³/mol. The highest BCUT2D eigenvalue weighted by Gasteiger charge is 2.11. The number of nitrogens with one attached hydrogen (secondary N) is 1. The van der Waals surface area contributed by atoms with Gasteiger partial charge in [0.25, 0.3) is 0 Å². The topological polar surface area (TPSA) is 58.6 Å². The molecule has 0 radical (unpaired) electrons. The first-order valence-electron chi connectivity index (χ1n) is 5.31. The number of thiophene rings is 1. The van der Waals surface area contributed by atoms with Gasteiger partial charge in [-0.15, -0.1) is 23.1 Å². The number of rotatable bonds is 8. The molecule has 2 N–H and O–H groups in total. The average Bonchev–Trinajstić information content (AvgIpc) is 2.80. The van der Waals surface area contributed by atoms with E-state index in [0.29, 0.717) is 18.8 Å². The molecule has 0 aromatic carbocycles. The van der Waals surface area contributed by atoms with Crippen LogP contribution in [0.5, 0.6) is 0 Å². The molecule has 1 unspecified atom stereocenters. The van der Waals surface area contributed by atoms with Gasteiger partial charge in [-0.3, -0.25) is 4.79 Å². The van der Waals surface area contributed by atoms with Gasteiger partial charge >= 0.3 is 0 Å². The first-order valence-corrected chi connectivity index (χ1v) is 7.18. The molecule has 4 nitrogen and oxygen atoms in total.